The van der Waals surface area contributed by atoms with Crippen molar-refractivity contribution >= 4 is 28.6 Å². The van der Waals surface area contributed by atoms with E-state index in [2.05, 4.69) is 25.2 Å². The topological polar surface area (TPSA) is 81.1 Å². The number of thiophene rings is 1. The highest BCUT2D eigenvalue weighted by atomic mass is 32.1. The van der Waals surface area contributed by atoms with Gasteiger partial charge in [-0.15, -0.1) is 11.3 Å². The second-order valence-corrected chi connectivity index (χ2v) is 5.82. The second-order valence-electron chi connectivity index (χ2n) is 4.48. The van der Waals surface area contributed by atoms with Crippen molar-refractivity contribution in [2.75, 3.05) is 11.5 Å². The quantitative estimate of drug-likeness (QED) is 0.753. The fourth-order valence-electron chi connectivity index (χ4n) is 1.79. The van der Waals surface area contributed by atoms with Crippen LogP contribution < -0.4 is 16.8 Å². The number of hydrogen-bond donors (Lipinski definition) is 3. The molecule has 5 heteroatoms. The molecule has 0 aliphatic carbocycles. The van der Waals surface area contributed by atoms with Crippen LogP contribution in [-0.4, -0.2) is 5.91 Å². The lowest BCUT2D eigenvalue weighted by Gasteiger charge is -2.07. The van der Waals surface area contributed by atoms with Gasteiger partial charge in [0.15, 0.2) is 0 Å². The van der Waals surface area contributed by atoms with E-state index >= 15 is 0 Å². The predicted octanol–water partition coefficient (Wildman–Crippen LogP) is 2.46. The summed E-state index contributed by atoms with van der Waals surface area (Å²) in [5.41, 5.74) is 14.0. The lowest BCUT2D eigenvalue weighted by molar-refractivity contribution is 0.0952. The Balaban J connectivity index is 2.05. The van der Waals surface area contributed by atoms with Crippen LogP contribution in [0.25, 0.3) is 0 Å². The smallest absolute Gasteiger partial charge is 0.253 e. The molecule has 1 amide bonds. The minimum Gasteiger partial charge on any atom is -0.399 e. The van der Waals surface area contributed by atoms with Crippen LogP contribution in [0.5, 0.6) is 0 Å². The molecule has 1 aromatic heterocycles. The Hall–Kier alpha value is -2.01. The number of carbonyl (C=O) groups excluding carboxylic acids is 1. The number of anilines is 2. The fourth-order valence-corrected chi connectivity index (χ4v) is 2.78. The summed E-state index contributed by atoms with van der Waals surface area (Å²) in [5, 5.41) is 2.87. The average molecular weight is 275 g/mol. The Labute approximate surface area is 116 Å². The van der Waals surface area contributed by atoms with Crippen LogP contribution in [0.3, 0.4) is 0 Å². The highest BCUT2D eigenvalue weighted by Crippen LogP contribution is 2.21. The number of carbonyl (C=O) groups is 1. The van der Waals surface area contributed by atoms with Gasteiger partial charge >= 0.3 is 0 Å². The first kappa shape index (κ1) is 13.4. The van der Waals surface area contributed by atoms with Crippen molar-refractivity contribution in [3.05, 3.63) is 45.1 Å². The molecule has 0 unspecified atom stereocenters. The van der Waals surface area contributed by atoms with Crippen molar-refractivity contribution in [3.63, 3.8) is 0 Å². The van der Waals surface area contributed by atoms with Crippen molar-refractivity contribution in [1.82, 2.24) is 5.32 Å². The molecule has 4 nitrogen and oxygen atoms in total. The molecule has 0 saturated carbocycles. The zero-order valence-corrected chi connectivity index (χ0v) is 11.8. The SMILES string of the molecule is Cc1cc(CNC(=O)c2ccc(N)cc2N)sc1C. The van der Waals surface area contributed by atoms with Crippen molar-refractivity contribution in [2.45, 2.75) is 20.4 Å². The van der Waals surface area contributed by atoms with E-state index in [0.717, 1.165) is 4.88 Å². The Kier molecular flexibility index (Phi) is 3.76. The van der Waals surface area contributed by atoms with Gasteiger partial charge in [0.05, 0.1) is 12.1 Å². The minimum atomic E-state index is -0.179. The molecule has 1 heterocycles. The molecule has 19 heavy (non-hydrogen) atoms. The highest BCUT2D eigenvalue weighted by molar-refractivity contribution is 7.12. The van der Waals surface area contributed by atoms with E-state index in [4.69, 9.17) is 11.5 Å². The van der Waals surface area contributed by atoms with Gasteiger partial charge in [0.2, 0.25) is 0 Å². The van der Waals surface area contributed by atoms with Crippen LogP contribution >= 0.6 is 11.3 Å². The van der Waals surface area contributed by atoms with Gasteiger partial charge in [-0.1, -0.05) is 0 Å². The van der Waals surface area contributed by atoms with Gasteiger partial charge in [-0.25, -0.2) is 0 Å². The number of hydrogen-bond acceptors (Lipinski definition) is 4. The largest absolute Gasteiger partial charge is 0.399 e. The highest BCUT2D eigenvalue weighted by Gasteiger charge is 2.10. The van der Waals surface area contributed by atoms with Crippen LogP contribution in [0.4, 0.5) is 11.4 Å². The Bertz CT molecular complexity index is 600. The predicted molar refractivity (Wildman–Crippen MR) is 80.2 cm³/mol. The molecule has 2 aromatic rings. The summed E-state index contributed by atoms with van der Waals surface area (Å²) in [6.07, 6.45) is 0. The Morgan fingerprint density at radius 2 is 2.00 bits per heavy atom. The monoisotopic (exact) mass is 275 g/mol. The number of amides is 1. The molecule has 0 spiro atoms. The first-order valence-corrected chi connectivity index (χ1v) is 6.78. The summed E-state index contributed by atoms with van der Waals surface area (Å²) in [5.74, 6) is -0.179. The summed E-state index contributed by atoms with van der Waals surface area (Å²) in [6, 6.07) is 7.00. The molecular formula is C14H17N3OS. The molecule has 0 atom stereocenters. The van der Waals surface area contributed by atoms with E-state index in [0.29, 0.717) is 23.5 Å². The molecule has 1 aromatic carbocycles. The van der Waals surface area contributed by atoms with E-state index in [1.54, 1.807) is 29.5 Å². The van der Waals surface area contributed by atoms with Gasteiger partial charge in [-0.2, -0.15) is 0 Å². The maximum Gasteiger partial charge on any atom is 0.253 e. The summed E-state index contributed by atoms with van der Waals surface area (Å²) in [7, 11) is 0. The number of rotatable bonds is 3. The third-order valence-electron chi connectivity index (χ3n) is 2.96. The van der Waals surface area contributed by atoms with Gasteiger partial charge in [-0.3, -0.25) is 4.79 Å². The van der Waals surface area contributed by atoms with E-state index in [1.807, 2.05) is 0 Å². The molecule has 0 aliphatic rings. The lowest BCUT2D eigenvalue weighted by Crippen LogP contribution is -2.23. The summed E-state index contributed by atoms with van der Waals surface area (Å²) in [6.45, 7) is 4.65. The third-order valence-corrected chi connectivity index (χ3v) is 4.11. The van der Waals surface area contributed by atoms with Gasteiger partial charge < -0.3 is 16.8 Å². The van der Waals surface area contributed by atoms with Crippen LogP contribution in [0.1, 0.15) is 25.7 Å². The van der Waals surface area contributed by atoms with Crippen LogP contribution in [0.2, 0.25) is 0 Å². The number of nitrogens with two attached hydrogens (primary N) is 2. The molecule has 0 bridgehead atoms. The maximum atomic E-state index is 12.0. The Morgan fingerprint density at radius 3 is 2.58 bits per heavy atom. The number of aryl methyl sites for hydroxylation is 2. The molecule has 0 radical (unpaired) electrons. The van der Waals surface area contributed by atoms with Crippen molar-refractivity contribution in [2.24, 2.45) is 0 Å². The summed E-state index contributed by atoms with van der Waals surface area (Å²) >= 11 is 1.69. The first-order chi connectivity index (χ1) is 8.97. The van der Waals surface area contributed by atoms with E-state index in [9.17, 15) is 4.79 Å². The normalized spacial score (nSPS) is 10.4. The first-order valence-electron chi connectivity index (χ1n) is 5.96. The molecule has 0 saturated heterocycles. The number of nitrogen functional groups attached to an aromatic ring is 2. The van der Waals surface area contributed by atoms with Gasteiger partial charge in [-0.05, 0) is 43.7 Å². The van der Waals surface area contributed by atoms with E-state index < -0.39 is 0 Å². The third kappa shape index (κ3) is 3.06. The van der Waals surface area contributed by atoms with Crippen LogP contribution in [-0.2, 0) is 6.54 Å². The maximum absolute atomic E-state index is 12.0. The zero-order valence-electron chi connectivity index (χ0n) is 11.0. The molecule has 5 N–H and O–H groups in total. The van der Waals surface area contributed by atoms with Crippen LogP contribution in [0.15, 0.2) is 24.3 Å². The van der Waals surface area contributed by atoms with Gasteiger partial charge in [0.25, 0.3) is 5.91 Å². The standard InChI is InChI=1S/C14H17N3OS/c1-8-5-11(19-9(8)2)7-17-14(18)12-4-3-10(15)6-13(12)16/h3-6H,7,15-16H2,1-2H3,(H,17,18). The summed E-state index contributed by atoms with van der Waals surface area (Å²) in [4.78, 5) is 14.4. The van der Waals surface area contributed by atoms with E-state index in [-0.39, 0.29) is 5.91 Å². The lowest BCUT2D eigenvalue weighted by atomic mass is 10.1. The number of nitrogens with one attached hydrogen (secondary N) is 1. The average Bonchev–Trinajstić information content (AvgIpc) is 2.66. The molecule has 100 valence electrons. The summed E-state index contributed by atoms with van der Waals surface area (Å²) < 4.78 is 0. The van der Waals surface area contributed by atoms with Gasteiger partial charge in [0, 0.05) is 21.1 Å². The van der Waals surface area contributed by atoms with Gasteiger partial charge in [0.1, 0.15) is 0 Å². The Morgan fingerprint density at radius 1 is 1.26 bits per heavy atom. The van der Waals surface area contributed by atoms with Crippen LogP contribution in [0, 0.1) is 13.8 Å². The van der Waals surface area contributed by atoms with Crippen molar-refractivity contribution in [1.29, 1.82) is 0 Å². The van der Waals surface area contributed by atoms with Crippen molar-refractivity contribution < 1.29 is 4.79 Å². The van der Waals surface area contributed by atoms with Crippen molar-refractivity contribution in [3.8, 4) is 0 Å². The fraction of sp³-hybridized carbons (Fsp3) is 0.214. The number of benzene rings is 1. The zero-order chi connectivity index (χ0) is 14.0. The molecule has 0 fully saturated rings. The molecular weight excluding hydrogens is 258 g/mol. The van der Waals surface area contributed by atoms with E-state index in [1.165, 1.54) is 10.4 Å². The minimum absolute atomic E-state index is 0.179. The molecule has 0 aliphatic heterocycles. The second kappa shape index (κ2) is 5.32. The molecule has 2 rings (SSSR count).